The Labute approximate surface area is 120 Å². The molecule has 19 heavy (non-hydrogen) atoms. The molecule has 0 spiro atoms. The third kappa shape index (κ3) is 1.99. The molecule has 4 aliphatic carbocycles. The molecule has 4 aliphatic rings. The van der Waals surface area contributed by atoms with Gasteiger partial charge in [0.25, 0.3) is 0 Å². The molecule has 1 aromatic heterocycles. The van der Waals surface area contributed by atoms with E-state index >= 15 is 0 Å². The predicted molar refractivity (Wildman–Crippen MR) is 81.6 cm³/mol. The Balaban J connectivity index is 1.63. The maximum Gasteiger partial charge on any atom is 0.0213 e. The van der Waals surface area contributed by atoms with Gasteiger partial charge in [0.1, 0.15) is 0 Å². The van der Waals surface area contributed by atoms with Crippen LogP contribution in [0, 0.1) is 30.6 Å². The Kier molecular flexibility index (Phi) is 3.00. The molecular weight excluding hydrogens is 250 g/mol. The van der Waals surface area contributed by atoms with Crippen molar-refractivity contribution in [3.8, 4) is 0 Å². The minimum absolute atomic E-state index is 0.919. The van der Waals surface area contributed by atoms with Gasteiger partial charge >= 0.3 is 0 Å². The Bertz CT molecular complexity index is 448. The summed E-state index contributed by atoms with van der Waals surface area (Å²) in [6.07, 6.45) is 7.71. The molecule has 0 aromatic carbocycles. The van der Waals surface area contributed by atoms with Crippen LogP contribution in [0.15, 0.2) is 6.07 Å². The van der Waals surface area contributed by atoms with Crippen molar-refractivity contribution in [2.24, 2.45) is 23.7 Å². The summed E-state index contributed by atoms with van der Waals surface area (Å²) in [6.45, 7) is 3.34. The number of nitrogens with one attached hydrogen (secondary N) is 1. The van der Waals surface area contributed by atoms with E-state index < -0.39 is 0 Å². The van der Waals surface area contributed by atoms with Crippen LogP contribution in [-0.4, -0.2) is 7.05 Å². The van der Waals surface area contributed by atoms with Gasteiger partial charge in [-0.3, -0.25) is 0 Å². The van der Waals surface area contributed by atoms with E-state index in [1.54, 1.807) is 11.3 Å². The lowest BCUT2D eigenvalue weighted by molar-refractivity contribution is -0.00161. The van der Waals surface area contributed by atoms with E-state index in [1.807, 2.05) is 0 Å². The van der Waals surface area contributed by atoms with Crippen LogP contribution < -0.4 is 5.32 Å². The molecule has 0 radical (unpaired) electrons. The Morgan fingerprint density at radius 1 is 1.11 bits per heavy atom. The molecule has 1 aromatic rings. The van der Waals surface area contributed by atoms with Crippen LogP contribution in [0.1, 0.15) is 53.3 Å². The molecule has 1 heterocycles. The van der Waals surface area contributed by atoms with Crippen molar-refractivity contribution in [1.29, 1.82) is 0 Å². The largest absolute Gasteiger partial charge is 0.316 e. The molecule has 5 rings (SSSR count). The summed E-state index contributed by atoms with van der Waals surface area (Å²) in [6, 6.07) is 2.53. The van der Waals surface area contributed by atoms with Gasteiger partial charge in [-0.1, -0.05) is 0 Å². The van der Waals surface area contributed by atoms with E-state index in [0.717, 1.165) is 36.1 Å². The molecule has 1 N–H and O–H groups in total. The second kappa shape index (κ2) is 4.60. The molecule has 0 saturated heterocycles. The monoisotopic (exact) mass is 275 g/mol. The number of aryl methyl sites for hydroxylation is 1. The highest BCUT2D eigenvalue weighted by molar-refractivity contribution is 7.12. The summed E-state index contributed by atoms with van der Waals surface area (Å²) >= 11 is 2.09. The lowest BCUT2D eigenvalue weighted by Crippen LogP contribution is -2.43. The summed E-state index contributed by atoms with van der Waals surface area (Å²) in [4.78, 5) is 3.26. The normalized spacial score (nSPS) is 40.0. The summed E-state index contributed by atoms with van der Waals surface area (Å²) < 4.78 is 0. The predicted octanol–water partition coefficient (Wildman–Crippen LogP) is 4.32. The van der Waals surface area contributed by atoms with E-state index in [4.69, 9.17) is 0 Å². The minimum atomic E-state index is 0.919. The van der Waals surface area contributed by atoms with Crippen molar-refractivity contribution in [2.75, 3.05) is 7.05 Å². The second-order valence-electron chi connectivity index (χ2n) is 7.22. The lowest BCUT2D eigenvalue weighted by atomic mass is 9.51. The van der Waals surface area contributed by atoms with Gasteiger partial charge in [0, 0.05) is 16.3 Å². The molecule has 4 saturated carbocycles. The third-order valence-electron chi connectivity index (χ3n) is 5.96. The summed E-state index contributed by atoms with van der Waals surface area (Å²) in [5, 5.41) is 3.31. The molecule has 104 valence electrons. The van der Waals surface area contributed by atoms with E-state index in [2.05, 4.69) is 36.7 Å². The van der Waals surface area contributed by atoms with Gasteiger partial charge in [-0.15, -0.1) is 11.3 Å². The van der Waals surface area contributed by atoms with Gasteiger partial charge in [0.05, 0.1) is 0 Å². The highest BCUT2D eigenvalue weighted by Gasteiger charge is 2.48. The van der Waals surface area contributed by atoms with Crippen LogP contribution in [0.3, 0.4) is 0 Å². The zero-order valence-electron chi connectivity index (χ0n) is 12.1. The maximum absolute atomic E-state index is 3.31. The zero-order valence-corrected chi connectivity index (χ0v) is 12.9. The number of rotatable bonds is 3. The van der Waals surface area contributed by atoms with Crippen LogP contribution >= 0.6 is 11.3 Å². The van der Waals surface area contributed by atoms with E-state index in [0.29, 0.717) is 0 Å². The fourth-order valence-corrected chi connectivity index (χ4v) is 6.80. The van der Waals surface area contributed by atoms with E-state index in [-0.39, 0.29) is 0 Å². The van der Waals surface area contributed by atoms with Crippen molar-refractivity contribution >= 4 is 11.3 Å². The number of hydrogen-bond donors (Lipinski definition) is 1. The van der Waals surface area contributed by atoms with Gasteiger partial charge in [0.2, 0.25) is 0 Å². The molecule has 0 amide bonds. The van der Waals surface area contributed by atoms with Crippen LogP contribution in [-0.2, 0) is 6.54 Å². The molecule has 1 nitrogen and oxygen atoms in total. The van der Waals surface area contributed by atoms with Gasteiger partial charge in [-0.05, 0) is 87.3 Å². The SMILES string of the molecule is CNCc1cc(C2C3CC4CC(C3)CC2C4)sc1C. The van der Waals surface area contributed by atoms with Crippen LogP contribution in [0.4, 0.5) is 0 Å². The van der Waals surface area contributed by atoms with E-state index in [9.17, 15) is 0 Å². The van der Waals surface area contributed by atoms with Crippen molar-refractivity contribution in [2.45, 2.75) is 51.5 Å². The average Bonchev–Trinajstić information content (AvgIpc) is 2.70. The Morgan fingerprint density at radius 2 is 1.74 bits per heavy atom. The smallest absolute Gasteiger partial charge is 0.0213 e. The standard InChI is InChI=1S/C17H25NS/c1-10-15(9-18-2)8-16(19-10)17-13-4-11-3-12(6-13)7-14(17)5-11/h8,11-14,17-18H,3-7,9H2,1-2H3. The lowest BCUT2D eigenvalue weighted by Gasteiger charge is -2.54. The van der Waals surface area contributed by atoms with Gasteiger partial charge in [-0.2, -0.15) is 0 Å². The second-order valence-corrected chi connectivity index (χ2v) is 8.50. The first-order valence-corrected chi connectivity index (χ1v) is 8.80. The van der Waals surface area contributed by atoms with Crippen molar-refractivity contribution < 1.29 is 0 Å². The quantitative estimate of drug-likeness (QED) is 0.866. The van der Waals surface area contributed by atoms with Crippen molar-refractivity contribution in [1.82, 2.24) is 5.32 Å². The fraction of sp³-hybridized carbons (Fsp3) is 0.765. The first kappa shape index (κ1) is 12.4. The molecular formula is C17H25NS. The highest BCUT2D eigenvalue weighted by atomic mass is 32.1. The number of hydrogen-bond acceptors (Lipinski definition) is 2. The van der Waals surface area contributed by atoms with Gasteiger partial charge in [0.15, 0.2) is 0 Å². The van der Waals surface area contributed by atoms with Crippen LogP contribution in [0.5, 0.6) is 0 Å². The van der Waals surface area contributed by atoms with E-state index in [1.165, 1.54) is 36.1 Å². The minimum Gasteiger partial charge on any atom is -0.316 e. The molecule has 4 fully saturated rings. The summed E-state index contributed by atoms with van der Waals surface area (Å²) in [5.74, 6) is 5.16. The van der Waals surface area contributed by atoms with Gasteiger partial charge in [-0.25, -0.2) is 0 Å². The zero-order chi connectivity index (χ0) is 13.0. The molecule has 4 bridgehead atoms. The van der Waals surface area contributed by atoms with Crippen LogP contribution in [0.2, 0.25) is 0 Å². The average molecular weight is 275 g/mol. The summed E-state index contributed by atoms with van der Waals surface area (Å²) in [7, 11) is 2.06. The molecule has 0 atom stereocenters. The number of thiophene rings is 1. The van der Waals surface area contributed by atoms with Crippen LogP contribution in [0.25, 0.3) is 0 Å². The third-order valence-corrected chi connectivity index (χ3v) is 7.16. The maximum atomic E-state index is 3.31. The highest BCUT2D eigenvalue weighted by Crippen LogP contribution is 2.60. The first-order chi connectivity index (χ1) is 9.24. The fourth-order valence-electron chi connectivity index (χ4n) is 5.47. The van der Waals surface area contributed by atoms with Gasteiger partial charge < -0.3 is 5.32 Å². The summed E-state index contributed by atoms with van der Waals surface area (Å²) in [5.41, 5.74) is 1.54. The Hall–Kier alpha value is -0.340. The Morgan fingerprint density at radius 3 is 2.32 bits per heavy atom. The molecule has 0 unspecified atom stereocenters. The van der Waals surface area contributed by atoms with Crippen molar-refractivity contribution in [3.05, 3.63) is 21.4 Å². The molecule has 2 heteroatoms. The first-order valence-electron chi connectivity index (χ1n) is 7.98. The molecule has 0 aliphatic heterocycles. The van der Waals surface area contributed by atoms with Crippen molar-refractivity contribution in [3.63, 3.8) is 0 Å². The topological polar surface area (TPSA) is 12.0 Å².